The molecule has 0 aliphatic heterocycles. The predicted molar refractivity (Wildman–Crippen MR) is 101 cm³/mol. The van der Waals surface area contributed by atoms with E-state index in [0.29, 0.717) is 17.1 Å². The summed E-state index contributed by atoms with van der Waals surface area (Å²) in [5.41, 5.74) is 2.54. The number of phenolic OH excluding ortho intramolecular Hbond substituents is 1. The Morgan fingerprint density at radius 3 is 2.75 bits per heavy atom. The number of hydrogen-bond acceptors (Lipinski definition) is 7. The summed E-state index contributed by atoms with van der Waals surface area (Å²) in [5, 5.41) is 24.7. The first-order valence-corrected chi connectivity index (χ1v) is 8.03. The van der Waals surface area contributed by atoms with E-state index in [9.17, 15) is 20.0 Å². The number of amides is 1. The number of rotatable bonds is 6. The molecule has 9 nitrogen and oxygen atoms in total. The second-order valence-corrected chi connectivity index (χ2v) is 5.56. The van der Waals surface area contributed by atoms with E-state index in [1.807, 2.05) is 0 Å². The van der Waals surface area contributed by atoms with Crippen LogP contribution in [-0.4, -0.2) is 29.3 Å². The molecule has 0 saturated heterocycles. The van der Waals surface area contributed by atoms with Gasteiger partial charge in [-0.15, -0.1) is 0 Å². The van der Waals surface area contributed by atoms with Crippen molar-refractivity contribution >= 4 is 17.8 Å². The molecule has 28 heavy (non-hydrogen) atoms. The molecule has 3 aromatic rings. The van der Waals surface area contributed by atoms with Crippen molar-refractivity contribution < 1.29 is 24.0 Å². The lowest BCUT2D eigenvalue weighted by atomic mass is 10.1. The molecule has 0 saturated carbocycles. The van der Waals surface area contributed by atoms with Gasteiger partial charge in [-0.3, -0.25) is 14.9 Å². The molecule has 1 aromatic heterocycles. The summed E-state index contributed by atoms with van der Waals surface area (Å²) in [4.78, 5) is 22.7. The number of ether oxygens (including phenoxy) is 1. The third kappa shape index (κ3) is 3.98. The van der Waals surface area contributed by atoms with Gasteiger partial charge in [0.05, 0.1) is 29.4 Å². The zero-order valence-electron chi connectivity index (χ0n) is 14.7. The van der Waals surface area contributed by atoms with Gasteiger partial charge in [-0.05, 0) is 30.3 Å². The van der Waals surface area contributed by atoms with Gasteiger partial charge < -0.3 is 14.3 Å². The summed E-state index contributed by atoms with van der Waals surface area (Å²) >= 11 is 0. The van der Waals surface area contributed by atoms with Gasteiger partial charge in [0.1, 0.15) is 23.0 Å². The van der Waals surface area contributed by atoms with E-state index < -0.39 is 10.8 Å². The highest BCUT2D eigenvalue weighted by atomic mass is 16.6. The van der Waals surface area contributed by atoms with Crippen LogP contribution in [0.2, 0.25) is 0 Å². The Morgan fingerprint density at radius 2 is 2.04 bits per heavy atom. The normalized spacial score (nSPS) is 10.8. The zero-order chi connectivity index (χ0) is 20.1. The van der Waals surface area contributed by atoms with Crippen molar-refractivity contribution in [1.29, 1.82) is 0 Å². The molecule has 0 aliphatic carbocycles. The van der Waals surface area contributed by atoms with Crippen molar-refractivity contribution in [2.24, 2.45) is 5.10 Å². The minimum atomic E-state index is -0.623. The first-order valence-electron chi connectivity index (χ1n) is 8.03. The molecule has 0 bridgehead atoms. The summed E-state index contributed by atoms with van der Waals surface area (Å²) in [6.07, 6.45) is 1.25. The number of hydrazone groups is 1. The van der Waals surface area contributed by atoms with Crippen molar-refractivity contribution in [1.82, 2.24) is 5.43 Å². The van der Waals surface area contributed by atoms with E-state index in [1.165, 1.54) is 37.6 Å². The fourth-order valence-electron chi connectivity index (χ4n) is 2.45. The SMILES string of the molecule is COc1ccc(C(=O)N/N=C\c2ccc(-c3ccccc3[N+](=O)[O-])o2)c(O)c1. The average molecular weight is 381 g/mol. The molecule has 0 fully saturated rings. The fourth-order valence-corrected chi connectivity index (χ4v) is 2.45. The molecule has 0 spiro atoms. The smallest absolute Gasteiger partial charge is 0.280 e. The van der Waals surface area contributed by atoms with Crippen LogP contribution in [0.5, 0.6) is 11.5 Å². The minimum absolute atomic E-state index is 0.0259. The standard InChI is InChI=1S/C19H15N3O6/c1-27-12-6-8-15(17(23)10-12)19(24)21-20-11-13-7-9-18(28-13)14-4-2-3-5-16(14)22(25)26/h2-11,23H,1H3,(H,21,24)/b20-11-. The molecule has 2 aromatic carbocycles. The van der Waals surface area contributed by atoms with Crippen LogP contribution in [0.1, 0.15) is 16.1 Å². The van der Waals surface area contributed by atoms with Crippen molar-refractivity contribution in [3.63, 3.8) is 0 Å². The first kappa shape index (κ1) is 18.6. The molecule has 0 aliphatic rings. The van der Waals surface area contributed by atoms with Gasteiger partial charge in [-0.2, -0.15) is 5.10 Å². The molecule has 0 radical (unpaired) electrons. The molecule has 142 valence electrons. The number of carbonyl (C=O) groups excluding carboxylic acids is 1. The Hall–Kier alpha value is -4.14. The number of nitrogens with one attached hydrogen (secondary N) is 1. The maximum absolute atomic E-state index is 12.1. The van der Waals surface area contributed by atoms with Gasteiger partial charge in [-0.25, -0.2) is 5.43 Å². The van der Waals surface area contributed by atoms with E-state index in [4.69, 9.17) is 9.15 Å². The molecule has 0 unspecified atom stereocenters. The summed E-state index contributed by atoms with van der Waals surface area (Å²) < 4.78 is 10.5. The summed E-state index contributed by atoms with van der Waals surface area (Å²) in [6.45, 7) is 0. The fraction of sp³-hybridized carbons (Fsp3) is 0.0526. The molecular weight excluding hydrogens is 366 g/mol. The van der Waals surface area contributed by atoms with Crippen molar-refractivity contribution in [2.75, 3.05) is 7.11 Å². The Labute approximate surface area is 159 Å². The Balaban J connectivity index is 1.71. The van der Waals surface area contributed by atoms with Crippen LogP contribution in [0.3, 0.4) is 0 Å². The summed E-state index contributed by atoms with van der Waals surface area (Å²) in [6, 6.07) is 13.6. The minimum Gasteiger partial charge on any atom is -0.507 e. The number of methoxy groups -OCH3 is 1. The maximum Gasteiger partial charge on any atom is 0.280 e. The molecule has 3 rings (SSSR count). The number of para-hydroxylation sites is 1. The topological polar surface area (TPSA) is 127 Å². The highest BCUT2D eigenvalue weighted by molar-refractivity contribution is 5.97. The van der Waals surface area contributed by atoms with Gasteiger partial charge in [0.25, 0.3) is 11.6 Å². The second-order valence-electron chi connectivity index (χ2n) is 5.56. The van der Waals surface area contributed by atoms with Crippen molar-refractivity contribution in [3.05, 3.63) is 76.0 Å². The Morgan fingerprint density at radius 1 is 1.25 bits per heavy atom. The number of nitrogens with zero attached hydrogens (tertiary/aromatic N) is 2. The quantitative estimate of drug-likeness (QED) is 0.383. The average Bonchev–Trinajstić information content (AvgIpc) is 3.16. The van der Waals surface area contributed by atoms with Crippen LogP contribution >= 0.6 is 0 Å². The number of carbonyl (C=O) groups is 1. The first-order chi connectivity index (χ1) is 13.5. The molecule has 2 N–H and O–H groups in total. The highest BCUT2D eigenvalue weighted by Crippen LogP contribution is 2.30. The lowest BCUT2D eigenvalue weighted by Gasteiger charge is -2.05. The predicted octanol–water partition coefficient (Wildman–Crippen LogP) is 3.33. The number of nitro groups is 1. The van der Waals surface area contributed by atoms with Gasteiger partial charge in [-0.1, -0.05) is 12.1 Å². The van der Waals surface area contributed by atoms with E-state index in [0.717, 1.165) is 0 Å². The lowest BCUT2D eigenvalue weighted by Crippen LogP contribution is -2.17. The van der Waals surface area contributed by atoms with Crippen LogP contribution in [0.4, 0.5) is 5.69 Å². The van der Waals surface area contributed by atoms with Crippen molar-refractivity contribution in [3.8, 4) is 22.8 Å². The lowest BCUT2D eigenvalue weighted by molar-refractivity contribution is -0.384. The highest BCUT2D eigenvalue weighted by Gasteiger charge is 2.17. The van der Waals surface area contributed by atoms with Gasteiger partial charge >= 0.3 is 0 Å². The van der Waals surface area contributed by atoms with Crippen LogP contribution in [0, 0.1) is 10.1 Å². The monoisotopic (exact) mass is 381 g/mol. The Kier molecular flexibility index (Phi) is 5.35. The third-order valence-electron chi connectivity index (χ3n) is 3.80. The van der Waals surface area contributed by atoms with Crippen LogP contribution in [0.25, 0.3) is 11.3 Å². The van der Waals surface area contributed by atoms with Crippen LogP contribution in [0.15, 0.2) is 64.1 Å². The number of hydrogen-bond donors (Lipinski definition) is 2. The number of aromatic hydroxyl groups is 1. The molecule has 1 heterocycles. The van der Waals surface area contributed by atoms with Crippen LogP contribution < -0.4 is 10.2 Å². The van der Waals surface area contributed by atoms with Crippen molar-refractivity contribution in [2.45, 2.75) is 0 Å². The molecule has 1 amide bonds. The van der Waals surface area contributed by atoms with Gasteiger partial charge in [0.2, 0.25) is 0 Å². The number of nitro benzene ring substituents is 1. The largest absolute Gasteiger partial charge is 0.507 e. The van der Waals surface area contributed by atoms with E-state index in [-0.39, 0.29) is 22.8 Å². The Bertz CT molecular complexity index is 1060. The summed E-state index contributed by atoms with van der Waals surface area (Å²) in [5.74, 6) is 0.126. The van der Waals surface area contributed by atoms with E-state index >= 15 is 0 Å². The number of benzene rings is 2. The van der Waals surface area contributed by atoms with E-state index in [2.05, 4.69) is 10.5 Å². The van der Waals surface area contributed by atoms with Gasteiger partial charge in [0, 0.05) is 12.1 Å². The molecule has 0 atom stereocenters. The number of furan rings is 1. The number of phenols is 1. The zero-order valence-corrected chi connectivity index (χ0v) is 14.7. The molecule has 9 heteroatoms. The molecular formula is C19H15N3O6. The van der Waals surface area contributed by atoms with E-state index in [1.54, 1.807) is 30.3 Å². The van der Waals surface area contributed by atoms with Crippen LogP contribution in [-0.2, 0) is 0 Å². The maximum atomic E-state index is 12.1. The summed E-state index contributed by atoms with van der Waals surface area (Å²) in [7, 11) is 1.44. The van der Waals surface area contributed by atoms with Gasteiger partial charge in [0.15, 0.2) is 0 Å². The second kappa shape index (κ2) is 8.04. The third-order valence-corrected chi connectivity index (χ3v) is 3.80.